The summed E-state index contributed by atoms with van der Waals surface area (Å²) >= 11 is 0. The molecule has 0 saturated heterocycles. The number of ether oxygens (including phenoxy) is 1. The van der Waals surface area contributed by atoms with Crippen molar-refractivity contribution in [2.45, 2.75) is 36.2 Å². The number of rotatable bonds is 4. The van der Waals surface area contributed by atoms with Crippen molar-refractivity contribution in [3.63, 3.8) is 0 Å². The van der Waals surface area contributed by atoms with Gasteiger partial charge in [0.25, 0.3) is 0 Å². The molecule has 0 amide bonds. The molecule has 0 N–H and O–H groups in total. The van der Waals surface area contributed by atoms with E-state index in [1.54, 1.807) is 13.8 Å². The lowest BCUT2D eigenvalue weighted by atomic mass is 10.2. The van der Waals surface area contributed by atoms with E-state index in [-0.39, 0.29) is 6.61 Å². The fraction of sp³-hybridized carbons (Fsp3) is 0.889. The molecule has 1 fully saturated rings. The first kappa shape index (κ1) is 11.5. The Labute approximate surface area is 84.8 Å². The van der Waals surface area contributed by atoms with Crippen molar-refractivity contribution in [1.82, 2.24) is 0 Å². The van der Waals surface area contributed by atoms with Gasteiger partial charge in [-0.3, -0.25) is 0 Å². The Morgan fingerprint density at radius 1 is 1.50 bits per heavy atom. The molecule has 0 aromatic carbocycles. The van der Waals surface area contributed by atoms with Gasteiger partial charge in [0.05, 0.1) is 17.4 Å². The van der Waals surface area contributed by atoms with Crippen LogP contribution >= 0.6 is 0 Å². The Hall–Kier alpha value is -0.600. The van der Waals surface area contributed by atoms with Gasteiger partial charge in [-0.2, -0.15) is 5.26 Å². The number of methoxy groups -OCH3 is 1. The molecule has 0 radical (unpaired) electrons. The predicted octanol–water partition coefficient (Wildman–Crippen LogP) is 0.882. The van der Waals surface area contributed by atoms with E-state index in [1.165, 1.54) is 7.11 Å². The molecular formula is C9H15NO3S. The molecule has 0 bridgehead atoms. The highest BCUT2D eigenvalue weighted by Gasteiger charge is 2.60. The van der Waals surface area contributed by atoms with Crippen molar-refractivity contribution in [1.29, 1.82) is 5.26 Å². The molecule has 80 valence electrons. The Morgan fingerprint density at radius 2 is 2.00 bits per heavy atom. The summed E-state index contributed by atoms with van der Waals surface area (Å²) in [5.74, 6) is 0. The molecular weight excluding hydrogens is 202 g/mol. The summed E-state index contributed by atoms with van der Waals surface area (Å²) in [5, 5.41) is 8.85. The van der Waals surface area contributed by atoms with E-state index in [2.05, 4.69) is 0 Å². The van der Waals surface area contributed by atoms with Crippen molar-refractivity contribution in [3.05, 3.63) is 0 Å². The Kier molecular flexibility index (Phi) is 2.63. The summed E-state index contributed by atoms with van der Waals surface area (Å²) in [6.45, 7) is 3.32. The zero-order valence-electron chi connectivity index (χ0n) is 8.70. The Balaban J connectivity index is 3.03. The molecule has 5 heteroatoms. The number of nitrogens with zero attached hydrogens (tertiary/aromatic N) is 1. The van der Waals surface area contributed by atoms with Crippen molar-refractivity contribution in [3.8, 4) is 6.07 Å². The van der Waals surface area contributed by atoms with E-state index >= 15 is 0 Å². The SMILES string of the molecule is COCC(C)(C)S(=O)(=O)C1(C#N)CC1. The van der Waals surface area contributed by atoms with Crippen LogP contribution in [0.5, 0.6) is 0 Å². The minimum atomic E-state index is -3.43. The smallest absolute Gasteiger partial charge is 0.176 e. The summed E-state index contributed by atoms with van der Waals surface area (Å²) in [5.41, 5.74) is 0. The van der Waals surface area contributed by atoms with Gasteiger partial charge in [0.2, 0.25) is 0 Å². The number of hydrogen-bond donors (Lipinski definition) is 0. The molecule has 0 aromatic heterocycles. The second-order valence-corrected chi connectivity index (χ2v) is 7.20. The van der Waals surface area contributed by atoms with Gasteiger partial charge < -0.3 is 4.74 Å². The first-order valence-electron chi connectivity index (χ1n) is 4.47. The molecule has 14 heavy (non-hydrogen) atoms. The van der Waals surface area contributed by atoms with Crippen LogP contribution in [0, 0.1) is 11.3 Å². The highest BCUT2D eigenvalue weighted by Crippen LogP contribution is 2.47. The van der Waals surface area contributed by atoms with Gasteiger partial charge in [0.1, 0.15) is 0 Å². The molecule has 0 atom stereocenters. The minimum absolute atomic E-state index is 0.124. The van der Waals surface area contributed by atoms with E-state index in [4.69, 9.17) is 10.00 Å². The van der Waals surface area contributed by atoms with Crippen LogP contribution < -0.4 is 0 Å². The largest absolute Gasteiger partial charge is 0.383 e. The van der Waals surface area contributed by atoms with Gasteiger partial charge in [0.15, 0.2) is 14.6 Å². The quantitative estimate of drug-likeness (QED) is 0.701. The third kappa shape index (κ3) is 1.43. The summed E-state index contributed by atoms with van der Waals surface area (Å²) < 4.78 is 26.9. The van der Waals surface area contributed by atoms with Crippen LogP contribution in [0.3, 0.4) is 0 Å². The normalized spacial score (nSPS) is 20.1. The second kappa shape index (κ2) is 3.21. The van der Waals surface area contributed by atoms with Crippen LogP contribution in [0.4, 0.5) is 0 Å². The van der Waals surface area contributed by atoms with Crippen LogP contribution in [0.1, 0.15) is 26.7 Å². The maximum Gasteiger partial charge on any atom is 0.176 e. The standard InChI is InChI=1S/C9H15NO3S/c1-8(2,7-13-3)14(11,12)9(6-10)4-5-9/h4-5,7H2,1-3H3. The Morgan fingerprint density at radius 3 is 2.29 bits per heavy atom. The third-order valence-electron chi connectivity index (χ3n) is 2.64. The fourth-order valence-electron chi connectivity index (χ4n) is 1.51. The zero-order valence-corrected chi connectivity index (χ0v) is 9.52. The molecule has 1 aliphatic carbocycles. The fourth-order valence-corrected chi connectivity index (χ4v) is 3.60. The van der Waals surface area contributed by atoms with Gasteiger partial charge in [0, 0.05) is 7.11 Å². The van der Waals surface area contributed by atoms with E-state index in [1.807, 2.05) is 6.07 Å². The van der Waals surface area contributed by atoms with Gasteiger partial charge in [-0.05, 0) is 26.7 Å². The van der Waals surface area contributed by atoms with Crippen LogP contribution in [-0.4, -0.2) is 31.6 Å². The molecule has 0 aromatic rings. The van der Waals surface area contributed by atoms with Gasteiger partial charge in [-0.25, -0.2) is 8.42 Å². The molecule has 0 heterocycles. The summed E-state index contributed by atoms with van der Waals surface area (Å²) in [7, 11) is -1.96. The maximum absolute atomic E-state index is 12.1. The summed E-state index contributed by atoms with van der Waals surface area (Å²) in [4.78, 5) is 0. The third-order valence-corrected chi connectivity index (χ3v) is 5.74. The van der Waals surface area contributed by atoms with Gasteiger partial charge in [-0.15, -0.1) is 0 Å². The first-order chi connectivity index (χ1) is 6.33. The van der Waals surface area contributed by atoms with Crippen molar-refractivity contribution >= 4 is 9.84 Å². The topological polar surface area (TPSA) is 67.2 Å². The highest BCUT2D eigenvalue weighted by molar-refractivity contribution is 7.94. The number of nitriles is 1. The van der Waals surface area contributed by atoms with Gasteiger partial charge in [-0.1, -0.05) is 0 Å². The van der Waals surface area contributed by atoms with Gasteiger partial charge >= 0.3 is 0 Å². The van der Waals surface area contributed by atoms with Crippen molar-refractivity contribution < 1.29 is 13.2 Å². The van der Waals surface area contributed by atoms with Crippen LogP contribution in [0.2, 0.25) is 0 Å². The lowest BCUT2D eigenvalue weighted by Crippen LogP contribution is -2.43. The van der Waals surface area contributed by atoms with Crippen LogP contribution in [-0.2, 0) is 14.6 Å². The van der Waals surface area contributed by atoms with E-state index in [9.17, 15) is 8.42 Å². The lowest BCUT2D eigenvalue weighted by molar-refractivity contribution is 0.174. The molecule has 1 aliphatic rings. The molecule has 4 nitrogen and oxygen atoms in total. The second-order valence-electron chi connectivity index (χ2n) is 4.30. The van der Waals surface area contributed by atoms with Crippen molar-refractivity contribution in [2.24, 2.45) is 0 Å². The van der Waals surface area contributed by atoms with Crippen molar-refractivity contribution in [2.75, 3.05) is 13.7 Å². The maximum atomic E-state index is 12.1. The average molecular weight is 217 g/mol. The Bertz CT molecular complexity index is 360. The van der Waals surface area contributed by atoms with E-state index < -0.39 is 19.3 Å². The minimum Gasteiger partial charge on any atom is -0.383 e. The summed E-state index contributed by atoms with van der Waals surface area (Å²) in [6, 6.07) is 1.91. The number of hydrogen-bond acceptors (Lipinski definition) is 4. The molecule has 0 aliphatic heterocycles. The molecule has 0 unspecified atom stereocenters. The van der Waals surface area contributed by atoms with Crippen LogP contribution in [0.15, 0.2) is 0 Å². The predicted molar refractivity (Wildman–Crippen MR) is 52.5 cm³/mol. The lowest BCUT2D eigenvalue weighted by Gasteiger charge is -2.26. The number of sulfone groups is 1. The first-order valence-corrected chi connectivity index (χ1v) is 5.96. The molecule has 1 rings (SSSR count). The molecule has 0 spiro atoms. The van der Waals surface area contributed by atoms with E-state index in [0.717, 1.165) is 0 Å². The van der Waals surface area contributed by atoms with E-state index in [0.29, 0.717) is 12.8 Å². The average Bonchev–Trinajstić information content (AvgIpc) is 2.83. The highest BCUT2D eigenvalue weighted by atomic mass is 32.2. The zero-order chi connectivity index (χ0) is 11.0. The molecule has 1 saturated carbocycles. The monoisotopic (exact) mass is 217 g/mol. The van der Waals surface area contributed by atoms with Crippen LogP contribution in [0.25, 0.3) is 0 Å². The summed E-state index contributed by atoms with van der Waals surface area (Å²) in [6.07, 6.45) is 0.915.